The lowest BCUT2D eigenvalue weighted by molar-refractivity contribution is 0.0758. The zero-order chi connectivity index (χ0) is 11.4. The van der Waals surface area contributed by atoms with Crippen LogP contribution in [-0.4, -0.2) is 29.2 Å². The van der Waals surface area contributed by atoms with Gasteiger partial charge in [-0.15, -0.1) is 0 Å². The van der Waals surface area contributed by atoms with Crippen LogP contribution in [0.5, 0.6) is 0 Å². The summed E-state index contributed by atoms with van der Waals surface area (Å²) in [6, 6.07) is 7.88. The van der Waals surface area contributed by atoms with Crippen molar-refractivity contribution in [3.63, 3.8) is 0 Å². The van der Waals surface area contributed by atoms with Gasteiger partial charge in [-0.25, -0.2) is 0 Å². The quantitative estimate of drug-likeness (QED) is 0.773. The van der Waals surface area contributed by atoms with Gasteiger partial charge in [-0.3, -0.25) is 4.79 Å². The van der Waals surface area contributed by atoms with Gasteiger partial charge in [0.15, 0.2) is 0 Å². The molecule has 0 saturated heterocycles. The van der Waals surface area contributed by atoms with E-state index in [1.165, 1.54) is 0 Å². The molecule has 1 aromatic rings. The molecule has 0 heterocycles. The summed E-state index contributed by atoms with van der Waals surface area (Å²) >= 11 is 3.38. The van der Waals surface area contributed by atoms with Crippen molar-refractivity contribution in [1.29, 1.82) is 0 Å². The van der Waals surface area contributed by atoms with Crippen molar-refractivity contribution in [3.05, 3.63) is 35.4 Å². The van der Waals surface area contributed by atoms with Crippen LogP contribution in [0.25, 0.3) is 0 Å². The van der Waals surface area contributed by atoms with E-state index in [0.29, 0.717) is 0 Å². The van der Waals surface area contributed by atoms with Crippen LogP contribution in [0.4, 0.5) is 0 Å². The molecule has 0 bridgehead atoms. The van der Waals surface area contributed by atoms with Crippen molar-refractivity contribution in [3.8, 4) is 0 Å². The summed E-state index contributed by atoms with van der Waals surface area (Å²) in [6.45, 7) is 4.01. The second kappa shape index (κ2) is 5.31. The minimum Gasteiger partial charge on any atom is -0.338 e. The molecule has 0 spiro atoms. The Hall–Kier alpha value is -0.830. The number of amides is 1. The molecule has 0 saturated carbocycles. The molecule has 0 aromatic heterocycles. The monoisotopic (exact) mass is 269 g/mol. The highest BCUT2D eigenvalue weighted by atomic mass is 79.9. The molecular weight excluding hydrogens is 254 g/mol. The van der Waals surface area contributed by atoms with Gasteiger partial charge in [0.25, 0.3) is 5.91 Å². The van der Waals surface area contributed by atoms with Crippen LogP contribution in [0, 0.1) is 6.92 Å². The summed E-state index contributed by atoms with van der Waals surface area (Å²) in [5, 5.41) is 0.793. The fourth-order valence-corrected chi connectivity index (χ4v) is 1.72. The zero-order valence-electron chi connectivity index (χ0n) is 9.33. The van der Waals surface area contributed by atoms with Crippen LogP contribution < -0.4 is 0 Å². The average Bonchev–Trinajstić information content (AvgIpc) is 2.26. The highest BCUT2D eigenvalue weighted by molar-refractivity contribution is 9.09. The standard InChI is InChI=1S/C12H16BrNO/c1-9-5-4-6-11(7-9)12(15)14(3)10(2)8-13/h4-7,10H,8H2,1-3H3. The van der Waals surface area contributed by atoms with Crippen LogP contribution in [-0.2, 0) is 0 Å². The fraction of sp³-hybridized carbons (Fsp3) is 0.417. The molecule has 1 unspecified atom stereocenters. The van der Waals surface area contributed by atoms with Crippen LogP contribution in [0.15, 0.2) is 24.3 Å². The Morgan fingerprint density at radius 3 is 2.73 bits per heavy atom. The molecule has 2 nitrogen and oxygen atoms in total. The number of hydrogen-bond donors (Lipinski definition) is 0. The van der Waals surface area contributed by atoms with Crippen molar-refractivity contribution >= 4 is 21.8 Å². The lowest BCUT2D eigenvalue weighted by atomic mass is 10.1. The smallest absolute Gasteiger partial charge is 0.253 e. The molecule has 0 N–H and O–H groups in total. The Morgan fingerprint density at radius 1 is 1.53 bits per heavy atom. The minimum atomic E-state index is 0.0747. The Bertz CT molecular complexity index is 351. The third kappa shape index (κ3) is 3.06. The molecule has 3 heteroatoms. The van der Waals surface area contributed by atoms with E-state index in [4.69, 9.17) is 0 Å². The van der Waals surface area contributed by atoms with Crippen molar-refractivity contribution in [2.24, 2.45) is 0 Å². The maximum absolute atomic E-state index is 12.0. The second-order valence-corrected chi connectivity index (χ2v) is 4.44. The third-order valence-electron chi connectivity index (χ3n) is 2.47. The fourth-order valence-electron chi connectivity index (χ4n) is 1.29. The molecule has 1 aromatic carbocycles. The SMILES string of the molecule is Cc1cccc(C(=O)N(C)C(C)CBr)c1. The lowest BCUT2D eigenvalue weighted by Gasteiger charge is -2.23. The van der Waals surface area contributed by atoms with Crippen molar-refractivity contribution in [1.82, 2.24) is 4.90 Å². The maximum atomic E-state index is 12.0. The molecule has 82 valence electrons. The molecular formula is C12H16BrNO. The van der Waals surface area contributed by atoms with Gasteiger partial charge in [0.2, 0.25) is 0 Å². The van der Waals surface area contributed by atoms with Gasteiger partial charge >= 0.3 is 0 Å². The van der Waals surface area contributed by atoms with Crippen molar-refractivity contribution in [2.45, 2.75) is 19.9 Å². The summed E-state index contributed by atoms with van der Waals surface area (Å²) in [5.41, 5.74) is 1.87. The molecule has 1 amide bonds. The first-order chi connectivity index (χ1) is 7.06. The van der Waals surface area contributed by atoms with Crippen molar-refractivity contribution < 1.29 is 4.79 Å². The second-order valence-electron chi connectivity index (χ2n) is 3.79. The molecule has 0 fully saturated rings. The number of halogens is 1. The zero-order valence-corrected chi connectivity index (χ0v) is 10.9. The van der Waals surface area contributed by atoms with E-state index in [9.17, 15) is 4.79 Å². The van der Waals surface area contributed by atoms with Crippen LogP contribution >= 0.6 is 15.9 Å². The number of benzene rings is 1. The number of carbonyl (C=O) groups excluding carboxylic acids is 1. The molecule has 1 rings (SSSR count). The minimum absolute atomic E-state index is 0.0747. The summed E-state index contributed by atoms with van der Waals surface area (Å²) in [5.74, 6) is 0.0747. The maximum Gasteiger partial charge on any atom is 0.253 e. The van der Waals surface area contributed by atoms with Gasteiger partial charge in [0.1, 0.15) is 0 Å². The average molecular weight is 270 g/mol. The van der Waals surface area contributed by atoms with Gasteiger partial charge < -0.3 is 4.90 Å². The number of alkyl halides is 1. The molecule has 0 aliphatic rings. The molecule has 1 atom stereocenters. The summed E-state index contributed by atoms with van der Waals surface area (Å²) in [7, 11) is 1.83. The van der Waals surface area contributed by atoms with Gasteiger partial charge in [-0.05, 0) is 26.0 Å². The molecule has 0 aliphatic heterocycles. The Balaban J connectivity index is 2.85. The highest BCUT2D eigenvalue weighted by Gasteiger charge is 2.16. The number of rotatable bonds is 3. The van der Waals surface area contributed by atoms with Crippen molar-refractivity contribution in [2.75, 3.05) is 12.4 Å². The van der Waals surface area contributed by atoms with E-state index in [1.807, 2.05) is 45.2 Å². The highest BCUT2D eigenvalue weighted by Crippen LogP contribution is 2.09. The van der Waals surface area contributed by atoms with Crippen LogP contribution in [0.1, 0.15) is 22.8 Å². The number of carbonyl (C=O) groups is 1. The molecule has 0 aliphatic carbocycles. The largest absolute Gasteiger partial charge is 0.338 e. The van der Waals surface area contributed by atoms with Gasteiger partial charge in [-0.2, -0.15) is 0 Å². The van der Waals surface area contributed by atoms with E-state index < -0.39 is 0 Å². The number of nitrogens with zero attached hydrogens (tertiary/aromatic N) is 1. The normalized spacial score (nSPS) is 12.3. The van der Waals surface area contributed by atoms with E-state index in [-0.39, 0.29) is 11.9 Å². The van der Waals surface area contributed by atoms with E-state index in [0.717, 1.165) is 16.5 Å². The van der Waals surface area contributed by atoms with Gasteiger partial charge in [0.05, 0.1) is 0 Å². The third-order valence-corrected chi connectivity index (χ3v) is 3.41. The predicted octanol–water partition coefficient (Wildman–Crippen LogP) is 2.85. The van der Waals surface area contributed by atoms with Gasteiger partial charge in [0, 0.05) is 24.0 Å². The summed E-state index contributed by atoms with van der Waals surface area (Å²) in [6.07, 6.45) is 0. The number of hydrogen-bond acceptors (Lipinski definition) is 1. The van der Waals surface area contributed by atoms with Crippen LogP contribution in [0.3, 0.4) is 0 Å². The summed E-state index contributed by atoms with van der Waals surface area (Å²) < 4.78 is 0. The van der Waals surface area contributed by atoms with E-state index in [1.54, 1.807) is 4.90 Å². The Morgan fingerprint density at radius 2 is 2.20 bits per heavy atom. The lowest BCUT2D eigenvalue weighted by Crippen LogP contribution is -2.36. The first-order valence-corrected chi connectivity index (χ1v) is 6.08. The Labute approximate surface area is 99.4 Å². The topological polar surface area (TPSA) is 20.3 Å². The first kappa shape index (κ1) is 12.2. The van der Waals surface area contributed by atoms with Crippen LogP contribution in [0.2, 0.25) is 0 Å². The van der Waals surface area contributed by atoms with E-state index in [2.05, 4.69) is 15.9 Å². The molecule has 15 heavy (non-hydrogen) atoms. The summed E-state index contributed by atoms with van der Waals surface area (Å²) in [4.78, 5) is 13.8. The number of aryl methyl sites for hydroxylation is 1. The molecule has 0 radical (unpaired) electrons. The van der Waals surface area contributed by atoms with Gasteiger partial charge in [-0.1, -0.05) is 33.6 Å². The predicted molar refractivity (Wildman–Crippen MR) is 66.5 cm³/mol. The first-order valence-electron chi connectivity index (χ1n) is 4.96. The van der Waals surface area contributed by atoms with E-state index >= 15 is 0 Å². The Kier molecular flexibility index (Phi) is 4.33.